The van der Waals surface area contributed by atoms with Gasteiger partial charge in [-0.15, -0.1) is 0 Å². The van der Waals surface area contributed by atoms with Crippen molar-refractivity contribution < 1.29 is 23.9 Å². The van der Waals surface area contributed by atoms with Gasteiger partial charge < -0.3 is 14.0 Å². The smallest absolute Gasteiger partial charge is 0.327 e. The molecule has 1 aliphatic rings. The van der Waals surface area contributed by atoms with Crippen LogP contribution in [-0.2, 0) is 29.4 Å². The van der Waals surface area contributed by atoms with Crippen LogP contribution in [0.5, 0.6) is 0 Å². The van der Waals surface area contributed by atoms with Gasteiger partial charge in [-0.3, -0.25) is 14.4 Å². The van der Waals surface area contributed by atoms with Crippen LogP contribution in [0.3, 0.4) is 0 Å². The van der Waals surface area contributed by atoms with Gasteiger partial charge in [0.25, 0.3) is 0 Å². The molecule has 0 amide bonds. The number of ether oxygens (including phenoxy) is 2. The summed E-state index contributed by atoms with van der Waals surface area (Å²) in [6, 6.07) is 11.7. The molecule has 26 heavy (non-hydrogen) atoms. The van der Waals surface area contributed by atoms with Crippen LogP contribution >= 0.6 is 0 Å². The lowest BCUT2D eigenvalue weighted by Crippen LogP contribution is -2.53. The minimum absolute atomic E-state index is 0.474. The van der Waals surface area contributed by atoms with E-state index in [9.17, 15) is 14.4 Å². The second-order valence-corrected chi connectivity index (χ2v) is 6.40. The number of carbonyl (C=O) groups is 3. The molecule has 0 unspecified atom stereocenters. The maximum absolute atomic E-state index is 13.2. The van der Waals surface area contributed by atoms with Crippen molar-refractivity contribution in [2.45, 2.75) is 24.8 Å². The minimum atomic E-state index is -1.56. The van der Waals surface area contributed by atoms with Crippen molar-refractivity contribution in [1.82, 2.24) is 4.57 Å². The zero-order chi connectivity index (χ0) is 18.7. The van der Waals surface area contributed by atoms with Crippen LogP contribution in [0.2, 0.25) is 0 Å². The van der Waals surface area contributed by atoms with E-state index in [-0.39, 0.29) is 0 Å². The van der Waals surface area contributed by atoms with E-state index in [0.29, 0.717) is 12.8 Å². The first-order chi connectivity index (χ1) is 12.5. The largest absolute Gasteiger partial charge is 0.468 e. The Hall–Kier alpha value is -2.89. The molecule has 1 saturated carbocycles. The fourth-order valence-corrected chi connectivity index (χ4v) is 3.42. The number of methoxy groups -OCH3 is 2. The van der Waals surface area contributed by atoms with E-state index < -0.39 is 29.2 Å². The van der Waals surface area contributed by atoms with E-state index in [2.05, 4.69) is 9.47 Å². The van der Waals surface area contributed by atoms with Crippen LogP contribution < -0.4 is 0 Å². The van der Waals surface area contributed by atoms with Crippen molar-refractivity contribution in [2.75, 3.05) is 14.2 Å². The second-order valence-electron chi connectivity index (χ2n) is 6.40. The molecule has 0 radical (unpaired) electrons. The molecule has 1 heterocycles. The third-order valence-electron chi connectivity index (χ3n) is 5.07. The Morgan fingerprint density at radius 2 is 1.58 bits per heavy atom. The summed E-state index contributed by atoms with van der Waals surface area (Å²) in [6.45, 7) is 0. The predicted molar refractivity (Wildman–Crippen MR) is 94.2 cm³/mol. The molecular weight excluding hydrogens is 334 g/mol. The van der Waals surface area contributed by atoms with Gasteiger partial charge >= 0.3 is 11.9 Å². The molecule has 136 valence electrons. The maximum Gasteiger partial charge on any atom is 0.327 e. The van der Waals surface area contributed by atoms with Gasteiger partial charge in [0.15, 0.2) is 5.78 Å². The molecule has 1 aromatic carbocycles. The molecule has 0 bridgehead atoms. The zero-order valence-corrected chi connectivity index (χ0v) is 14.8. The molecule has 6 nitrogen and oxygen atoms in total. The number of ketones is 1. The first kappa shape index (κ1) is 17.9. The lowest BCUT2D eigenvalue weighted by Gasteiger charge is -2.42. The van der Waals surface area contributed by atoms with E-state index in [1.807, 2.05) is 53.4 Å². The summed E-state index contributed by atoms with van der Waals surface area (Å²) in [5, 5.41) is 0. The number of Topliss-reactive ketones (excluding diaryl/α,β-unsaturated/α-hetero) is 1. The lowest BCUT2D eigenvalue weighted by molar-refractivity contribution is -0.165. The van der Waals surface area contributed by atoms with Gasteiger partial charge in [-0.2, -0.15) is 0 Å². The monoisotopic (exact) mass is 355 g/mol. The van der Waals surface area contributed by atoms with Crippen LogP contribution in [0, 0.1) is 5.92 Å². The first-order valence-corrected chi connectivity index (χ1v) is 8.47. The van der Waals surface area contributed by atoms with Crippen molar-refractivity contribution >= 4 is 17.7 Å². The van der Waals surface area contributed by atoms with Gasteiger partial charge in [0.05, 0.1) is 14.2 Å². The number of benzene rings is 1. The SMILES string of the molecule is COC(=O)C(C(=O)OC)C(=O)C1(n2ccc(-c3ccccc3)c2)CCC1. The van der Waals surface area contributed by atoms with Crippen molar-refractivity contribution in [3.8, 4) is 11.1 Å². The Morgan fingerprint density at radius 1 is 0.962 bits per heavy atom. The van der Waals surface area contributed by atoms with Gasteiger partial charge in [0, 0.05) is 12.4 Å². The number of nitrogens with zero attached hydrogens (tertiary/aromatic N) is 1. The number of hydrogen-bond acceptors (Lipinski definition) is 5. The van der Waals surface area contributed by atoms with Gasteiger partial charge in [-0.05, 0) is 36.5 Å². The molecular formula is C20H21NO5. The molecule has 2 aromatic rings. The summed E-state index contributed by atoms with van der Waals surface area (Å²) in [6.07, 6.45) is 5.70. The highest BCUT2D eigenvalue weighted by Gasteiger charge is 2.53. The van der Waals surface area contributed by atoms with Gasteiger partial charge in [0.1, 0.15) is 5.54 Å². The third kappa shape index (κ3) is 2.92. The highest BCUT2D eigenvalue weighted by molar-refractivity contribution is 6.17. The Balaban J connectivity index is 1.96. The quantitative estimate of drug-likeness (QED) is 0.588. The minimum Gasteiger partial charge on any atom is -0.468 e. The molecule has 0 spiro atoms. The van der Waals surface area contributed by atoms with Crippen LogP contribution in [0.1, 0.15) is 19.3 Å². The summed E-state index contributed by atoms with van der Waals surface area (Å²) in [7, 11) is 2.31. The van der Waals surface area contributed by atoms with Crippen LogP contribution in [0.15, 0.2) is 48.8 Å². The first-order valence-electron chi connectivity index (χ1n) is 8.47. The molecule has 0 saturated heterocycles. The Bertz CT molecular complexity index is 804. The molecule has 0 atom stereocenters. The maximum atomic E-state index is 13.2. The fraction of sp³-hybridized carbons (Fsp3) is 0.350. The van der Waals surface area contributed by atoms with Gasteiger partial charge in [0.2, 0.25) is 5.92 Å². The summed E-state index contributed by atoms with van der Waals surface area (Å²) >= 11 is 0. The standard InChI is InChI=1S/C20H21NO5/c1-25-18(23)16(19(24)26-2)17(22)20(10-6-11-20)21-12-9-15(13-21)14-7-4-3-5-8-14/h3-5,7-9,12-13,16H,6,10-11H2,1-2H3. The second kappa shape index (κ2) is 7.15. The van der Waals surface area contributed by atoms with Crippen molar-refractivity contribution in [1.29, 1.82) is 0 Å². The topological polar surface area (TPSA) is 74.6 Å². The van der Waals surface area contributed by atoms with Gasteiger partial charge in [-0.25, -0.2) is 0 Å². The Labute approximate surface area is 151 Å². The molecule has 0 aliphatic heterocycles. The summed E-state index contributed by atoms with van der Waals surface area (Å²) < 4.78 is 11.1. The molecule has 0 N–H and O–H groups in total. The lowest BCUT2D eigenvalue weighted by atomic mass is 9.70. The molecule has 1 aliphatic carbocycles. The number of rotatable bonds is 6. The van der Waals surface area contributed by atoms with E-state index in [4.69, 9.17) is 0 Å². The van der Waals surface area contributed by atoms with E-state index in [1.54, 1.807) is 0 Å². The molecule has 1 aromatic heterocycles. The fourth-order valence-electron chi connectivity index (χ4n) is 3.42. The number of esters is 2. The predicted octanol–water partition coefficient (Wildman–Crippen LogP) is 2.57. The molecule has 1 fully saturated rings. The van der Waals surface area contributed by atoms with E-state index >= 15 is 0 Å². The highest BCUT2D eigenvalue weighted by Crippen LogP contribution is 2.43. The zero-order valence-electron chi connectivity index (χ0n) is 14.8. The van der Waals surface area contributed by atoms with Crippen LogP contribution in [0.4, 0.5) is 0 Å². The Kier molecular flexibility index (Phi) is 4.93. The average Bonchev–Trinajstić information content (AvgIpc) is 3.11. The van der Waals surface area contributed by atoms with Crippen molar-refractivity contribution in [3.63, 3.8) is 0 Å². The molecule has 6 heteroatoms. The molecule has 3 rings (SSSR count). The number of aromatic nitrogens is 1. The van der Waals surface area contributed by atoms with Crippen LogP contribution in [0.25, 0.3) is 11.1 Å². The normalized spacial score (nSPS) is 15.2. The van der Waals surface area contributed by atoms with Crippen LogP contribution in [-0.4, -0.2) is 36.5 Å². The third-order valence-corrected chi connectivity index (χ3v) is 5.07. The van der Waals surface area contributed by atoms with Gasteiger partial charge in [-0.1, -0.05) is 30.3 Å². The van der Waals surface area contributed by atoms with Crippen molar-refractivity contribution in [3.05, 3.63) is 48.8 Å². The van der Waals surface area contributed by atoms with E-state index in [1.165, 1.54) is 0 Å². The van der Waals surface area contributed by atoms with Crippen molar-refractivity contribution in [2.24, 2.45) is 5.92 Å². The summed E-state index contributed by atoms with van der Waals surface area (Å²) in [5.74, 6) is -3.81. The highest BCUT2D eigenvalue weighted by atomic mass is 16.5. The van der Waals surface area contributed by atoms with E-state index in [0.717, 1.165) is 31.8 Å². The Morgan fingerprint density at radius 3 is 2.08 bits per heavy atom. The number of carbonyl (C=O) groups excluding carboxylic acids is 3. The summed E-state index contributed by atoms with van der Waals surface area (Å²) in [5.41, 5.74) is 1.09. The number of hydrogen-bond donors (Lipinski definition) is 0. The average molecular weight is 355 g/mol. The summed E-state index contributed by atoms with van der Waals surface area (Å²) in [4.78, 5) is 37.3.